The Morgan fingerprint density at radius 3 is 2.60 bits per heavy atom. The highest BCUT2D eigenvalue weighted by Crippen LogP contribution is 2.26. The molecule has 0 unspecified atom stereocenters. The summed E-state index contributed by atoms with van der Waals surface area (Å²) in [5.74, 6) is 0.480. The number of rotatable bonds is 3. The Kier molecular flexibility index (Phi) is 3.76. The van der Waals surface area contributed by atoms with Gasteiger partial charge in [0.1, 0.15) is 0 Å². The van der Waals surface area contributed by atoms with Crippen LogP contribution in [0.5, 0.6) is 0 Å². The standard InChI is InChI=1S/C14H16N4O2/c1-8-4-5-11(18(19)20)6-12(8)14-16-7-13(9(2)15)10(3)17-14/h4-7,9H,15H2,1-3H3/t9-/m0/s1. The van der Waals surface area contributed by atoms with Crippen LogP contribution in [0.4, 0.5) is 5.69 Å². The van der Waals surface area contributed by atoms with E-state index in [1.165, 1.54) is 12.1 Å². The van der Waals surface area contributed by atoms with Gasteiger partial charge in [-0.1, -0.05) is 6.07 Å². The van der Waals surface area contributed by atoms with Crippen molar-refractivity contribution in [2.45, 2.75) is 26.8 Å². The first-order valence-electron chi connectivity index (χ1n) is 6.24. The minimum absolute atomic E-state index is 0.0307. The van der Waals surface area contributed by atoms with E-state index in [9.17, 15) is 10.1 Å². The average Bonchev–Trinajstić information content (AvgIpc) is 2.38. The van der Waals surface area contributed by atoms with Gasteiger partial charge in [-0.25, -0.2) is 9.97 Å². The summed E-state index contributed by atoms with van der Waals surface area (Å²) >= 11 is 0. The van der Waals surface area contributed by atoms with Gasteiger partial charge >= 0.3 is 0 Å². The second-order valence-electron chi connectivity index (χ2n) is 4.78. The summed E-state index contributed by atoms with van der Waals surface area (Å²) in [4.78, 5) is 19.1. The van der Waals surface area contributed by atoms with Crippen molar-refractivity contribution in [1.82, 2.24) is 9.97 Å². The van der Waals surface area contributed by atoms with Crippen LogP contribution in [-0.2, 0) is 0 Å². The highest BCUT2D eigenvalue weighted by molar-refractivity contribution is 5.63. The molecule has 0 aliphatic heterocycles. The minimum atomic E-state index is -0.424. The summed E-state index contributed by atoms with van der Waals surface area (Å²) in [5, 5.41) is 10.9. The number of nitro groups is 1. The zero-order valence-electron chi connectivity index (χ0n) is 11.6. The second-order valence-corrected chi connectivity index (χ2v) is 4.78. The van der Waals surface area contributed by atoms with E-state index in [2.05, 4.69) is 9.97 Å². The summed E-state index contributed by atoms with van der Waals surface area (Å²) in [5.41, 5.74) is 9.08. The Morgan fingerprint density at radius 1 is 1.35 bits per heavy atom. The predicted octanol–water partition coefficient (Wildman–Crippen LogP) is 2.69. The molecule has 1 heterocycles. The molecular formula is C14H16N4O2. The zero-order valence-corrected chi connectivity index (χ0v) is 11.6. The van der Waals surface area contributed by atoms with Crippen LogP contribution >= 0.6 is 0 Å². The third-order valence-electron chi connectivity index (χ3n) is 3.18. The molecule has 0 bridgehead atoms. The highest BCUT2D eigenvalue weighted by Gasteiger charge is 2.14. The summed E-state index contributed by atoms with van der Waals surface area (Å²) in [7, 11) is 0. The first-order valence-corrected chi connectivity index (χ1v) is 6.24. The molecule has 1 aromatic heterocycles. The van der Waals surface area contributed by atoms with Crippen LogP contribution in [0.1, 0.15) is 29.8 Å². The first-order chi connectivity index (χ1) is 9.40. The van der Waals surface area contributed by atoms with Crippen molar-refractivity contribution in [2.24, 2.45) is 5.73 Å². The van der Waals surface area contributed by atoms with Crippen molar-refractivity contribution in [1.29, 1.82) is 0 Å². The molecule has 0 radical (unpaired) electrons. The fourth-order valence-electron chi connectivity index (χ4n) is 2.02. The molecule has 1 atom stereocenters. The number of non-ortho nitro benzene ring substituents is 1. The Balaban J connectivity index is 2.54. The van der Waals surface area contributed by atoms with Gasteiger partial charge in [0.25, 0.3) is 5.69 Å². The van der Waals surface area contributed by atoms with Crippen molar-refractivity contribution < 1.29 is 4.92 Å². The van der Waals surface area contributed by atoms with Gasteiger partial charge < -0.3 is 5.73 Å². The van der Waals surface area contributed by atoms with Crippen molar-refractivity contribution in [3.05, 3.63) is 51.3 Å². The monoisotopic (exact) mass is 272 g/mol. The van der Waals surface area contributed by atoms with Crippen LogP contribution in [0.15, 0.2) is 24.4 Å². The van der Waals surface area contributed by atoms with E-state index in [1.54, 1.807) is 12.3 Å². The maximum Gasteiger partial charge on any atom is 0.270 e. The third-order valence-corrected chi connectivity index (χ3v) is 3.18. The van der Waals surface area contributed by atoms with Crippen LogP contribution in [-0.4, -0.2) is 14.9 Å². The summed E-state index contributed by atoms with van der Waals surface area (Å²) in [6.07, 6.45) is 1.68. The lowest BCUT2D eigenvalue weighted by atomic mass is 10.1. The smallest absolute Gasteiger partial charge is 0.270 e. The molecule has 0 aliphatic carbocycles. The van der Waals surface area contributed by atoms with Crippen LogP contribution < -0.4 is 5.73 Å². The van der Waals surface area contributed by atoms with Crippen molar-refractivity contribution >= 4 is 5.69 Å². The molecule has 104 valence electrons. The number of aryl methyl sites for hydroxylation is 2. The Morgan fingerprint density at radius 2 is 2.05 bits per heavy atom. The Bertz CT molecular complexity index is 668. The van der Waals surface area contributed by atoms with Crippen LogP contribution in [0.3, 0.4) is 0 Å². The third kappa shape index (κ3) is 2.65. The van der Waals surface area contributed by atoms with E-state index >= 15 is 0 Å². The van der Waals surface area contributed by atoms with Gasteiger partial charge in [0.2, 0.25) is 0 Å². The molecule has 0 amide bonds. The minimum Gasteiger partial charge on any atom is -0.324 e. The van der Waals surface area contributed by atoms with E-state index in [1.807, 2.05) is 20.8 Å². The van der Waals surface area contributed by atoms with Gasteiger partial charge in [-0.2, -0.15) is 0 Å². The van der Waals surface area contributed by atoms with Gasteiger partial charge in [0, 0.05) is 41.2 Å². The number of nitrogens with zero attached hydrogens (tertiary/aromatic N) is 3. The van der Waals surface area contributed by atoms with Gasteiger partial charge in [-0.3, -0.25) is 10.1 Å². The molecule has 1 aromatic carbocycles. The lowest BCUT2D eigenvalue weighted by Gasteiger charge is -2.10. The van der Waals surface area contributed by atoms with Gasteiger partial charge in [0.15, 0.2) is 5.82 Å². The van der Waals surface area contributed by atoms with Crippen LogP contribution in [0.2, 0.25) is 0 Å². The van der Waals surface area contributed by atoms with E-state index in [0.29, 0.717) is 11.4 Å². The number of benzene rings is 1. The quantitative estimate of drug-likeness (QED) is 0.684. The Hall–Kier alpha value is -2.34. The van der Waals surface area contributed by atoms with Gasteiger partial charge in [0.05, 0.1) is 4.92 Å². The zero-order chi connectivity index (χ0) is 14.9. The van der Waals surface area contributed by atoms with Crippen molar-refractivity contribution in [3.63, 3.8) is 0 Å². The summed E-state index contributed by atoms with van der Waals surface area (Å²) < 4.78 is 0. The molecule has 0 aliphatic rings. The molecule has 0 spiro atoms. The van der Waals surface area contributed by atoms with E-state index in [0.717, 1.165) is 16.8 Å². The predicted molar refractivity (Wildman–Crippen MR) is 76.2 cm³/mol. The second kappa shape index (κ2) is 5.34. The highest BCUT2D eigenvalue weighted by atomic mass is 16.6. The van der Waals surface area contributed by atoms with Crippen molar-refractivity contribution in [3.8, 4) is 11.4 Å². The molecular weight excluding hydrogens is 256 g/mol. The molecule has 6 heteroatoms. The molecule has 0 saturated heterocycles. The lowest BCUT2D eigenvalue weighted by molar-refractivity contribution is -0.384. The molecule has 20 heavy (non-hydrogen) atoms. The van der Waals surface area contributed by atoms with Gasteiger partial charge in [-0.05, 0) is 26.3 Å². The molecule has 2 N–H and O–H groups in total. The normalized spacial score (nSPS) is 12.2. The Labute approximate surface area is 116 Å². The fourth-order valence-corrected chi connectivity index (χ4v) is 2.02. The summed E-state index contributed by atoms with van der Waals surface area (Å²) in [6.45, 7) is 5.59. The number of hydrogen-bond donors (Lipinski definition) is 1. The molecule has 0 fully saturated rings. The molecule has 6 nitrogen and oxygen atoms in total. The number of nitro benzene ring substituents is 1. The van der Waals surface area contributed by atoms with E-state index in [4.69, 9.17) is 5.73 Å². The number of aromatic nitrogens is 2. The van der Waals surface area contributed by atoms with Gasteiger partial charge in [-0.15, -0.1) is 0 Å². The van der Waals surface area contributed by atoms with Crippen LogP contribution in [0, 0.1) is 24.0 Å². The van der Waals surface area contributed by atoms with E-state index in [-0.39, 0.29) is 11.7 Å². The summed E-state index contributed by atoms with van der Waals surface area (Å²) in [6, 6.07) is 4.53. The number of nitrogens with two attached hydrogens (primary N) is 1. The molecule has 2 rings (SSSR count). The largest absolute Gasteiger partial charge is 0.324 e. The molecule has 2 aromatic rings. The fraction of sp³-hybridized carbons (Fsp3) is 0.286. The topological polar surface area (TPSA) is 94.9 Å². The SMILES string of the molecule is Cc1ccc([N+](=O)[O-])cc1-c1ncc([C@H](C)N)c(C)n1. The first kappa shape index (κ1) is 14.1. The average molecular weight is 272 g/mol. The van der Waals surface area contributed by atoms with E-state index < -0.39 is 4.92 Å². The van der Waals surface area contributed by atoms with Crippen LogP contribution in [0.25, 0.3) is 11.4 Å². The number of hydrogen-bond acceptors (Lipinski definition) is 5. The maximum atomic E-state index is 10.9. The van der Waals surface area contributed by atoms with Crippen molar-refractivity contribution in [2.75, 3.05) is 0 Å². The molecule has 0 saturated carbocycles. The lowest BCUT2D eigenvalue weighted by Crippen LogP contribution is -2.09. The maximum absolute atomic E-state index is 10.9.